The van der Waals surface area contributed by atoms with Crippen LogP contribution in [0.25, 0.3) is 0 Å². The minimum atomic E-state index is 0.132. The lowest BCUT2D eigenvalue weighted by atomic mass is 9.94. The third-order valence-electron chi connectivity index (χ3n) is 2.80. The van der Waals surface area contributed by atoms with Crippen LogP contribution in [0.1, 0.15) is 34.5 Å². The van der Waals surface area contributed by atoms with Gasteiger partial charge in [0.1, 0.15) is 11.1 Å². The molecule has 3 nitrogen and oxygen atoms in total. The lowest BCUT2D eigenvalue weighted by Gasteiger charge is -2.19. The predicted octanol–water partition coefficient (Wildman–Crippen LogP) is 2.92. The Kier molecular flexibility index (Phi) is 3.75. The van der Waals surface area contributed by atoms with Crippen LogP contribution in [0.3, 0.4) is 0 Å². The van der Waals surface area contributed by atoms with E-state index >= 15 is 0 Å². The summed E-state index contributed by atoms with van der Waals surface area (Å²) < 4.78 is 0. The maximum Gasteiger partial charge on any atom is 0.165 e. The molecule has 0 aliphatic heterocycles. The molecule has 2 rings (SSSR count). The van der Waals surface area contributed by atoms with E-state index in [9.17, 15) is 10.1 Å². The van der Waals surface area contributed by atoms with Gasteiger partial charge in [-0.25, -0.2) is 4.98 Å². The van der Waals surface area contributed by atoms with E-state index in [1.54, 1.807) is 0 Å². The van der Waals surface area contributed by atoms with E-state index in [1.165, 1.54) is 23.5 Å². The molecular weight excluding hydrogens is 252 g/mol. The van der Waals surface area contributed by atoms with Crippen molar-refractivity contribution >= 4 is 29.3 Å². The number of carbonyl (C=O) groups is 1. The Labute approximate surface area is 109 Å². The van der Waals surface area contributed by atoms with E-state index in [4.69, 9.17) is 0 Å². The van der Waals surface area contributed by atoms with Gasteiger partial charge < -0.3 is 0 Å². The fourth-order valence-electron chi connectivity index (χ4n) is 2.05. The molecule has 0 bridgehead atoms. The second-order valence-electron chi connectivity index (χ2n) is 3.74. The van der Waals surface area contributed by atoms with Crippen LogP contribution in [0.15, 0.2) is 9.92 Å². The number of carbonyl (C=O) groups excluding carboxylic acids is 1. The van der Waals surface area contributed by atoms with Crippen LogP contribution in [-0.4, -0.2) is 23.3 Å². The third-order valence-corrected chi connectivity index (χ3v) is 4.30. The lowest BCUT2D eigenvalue weighted by molar-refractivity contribution is 0.0968. The Morgan fingerprint density at radius 3 is 2.65 bits per heavy atom. The van der Waals surface area contributed by atoms with Gasteiger partial charge >= 0.3 is 0 Å². The van der Waals surface area contributed by atoms with Crippen molar-refractivity contribution in [2.45, 2.75) is 29.2 Å². The van der Waals surface area contributed by atoms with E-state index in [1.807, 2.05) is 12.5 Å². The molecule has 0 saturated heterocycles. The van der Waals surface area contributed by atoms with Crippen LogP contribution in [-0.2, 0) is 6.42 Å². The van der Waals surface area contributed by atoms with Gasteiger partial charge in [-0.3, -0.25) is 4.79 Å². The van der Waals surface area contributed by atoms with Gasteiger partial charge in [-0.1, -0.05) is 0 Å². The van der Waals surface area contributed by atoms with Crippen LogP contribution < -0.4 is 0 Å². The van der Waals surface area contributed by atoms with Crippen molar-refractivity contribution in [3.8, 4) is 6.07 Å². The van der Waals surface area contributed by atoms with Crippen molar-refractivity contribution in [3.63, 3.8) is 0 Å². The van der Waals surface area contributed by atoms with Gasteiger partial charge in [0.2, 0.25) is 0 Å². The summed E-state index contributed by atoms with van der Waals surface area (Å²) >= 11 is 2.94. The topological polar surface area (TPSA) is 53.8 Å². The zero-order valence-electron chi connectivity index (χ0n) is 9.74. The van der Waals surface area contributed by atoms with Crippen molar-refractivity contribution in [3.05, 3.63) is 16.8 Å². The first-order valence-electron chi connectivity index (χ1n) is 5.31. The maximum atomic E-state index is 12.0. The van der Waals surface area contributed by atoms with Crippen LogP contribution in [0.4, 0.5) is 0 Å². The van der Waals surface area contributed by atoms with E-state index in [-0.39, 0.29) is 5.78 Å². The number of ketones is 1. The summed E-state index contributed by atoms with van der Waals surface area (Å²) in [4.78, 5) is 17.2. The lowest BCUT2D eigenvalue weighted by Crippen LogP contribution is -2.16. The van der Waals surface area contributed by atoms with Gasteiger partial charge in [0.15, 0.2) is 5.78 Å². The summed E-state index contributed by atoms with van der Waals surface area (Å²) in [5, 5.41) is 9.96. The van der Waals surface area contributed by atoms with Crippen molar-refractivity contribution in [2.75, 3.05) is 12.5 Å². The highest BCUT2D eigenvalue weighted by Crippen LogP contribution is 2.35. The number of nitriles is 1. The third kappa shape index (κ3) is 2.07. The molecule has 1 aromatic rings. The van der Waals surface area contributed by atoms with Crippen LogP contribution in [0.5, 0.6) is 0 Å². The van der Waals surface area contributed by atoms with Gasteiger partial charge in [0, 0.05) is 11.3 Å². The van der Waals surface area contributed by atoms with Gasteiger partial charge in [-0.2, -0.15) is 5.26 Å². The highest BCUT2D eigenvalue weighted by Gasteiger charge is 2.26. The number of aryl methyl sites for hydroxylation is 1. The zero-order chi connectivity index (χ0) is 12.4. The van der Waals surface area contributed by atoms with Gasteiger partial charge in [0.25, 0.3) is 0 Å². The van der Waals surface area contributed by atoms with Crippen LogP contribution in [0.2, 0.25) is 0 Å². The highest BCUT2D eigenvalue weighted by atomic mass is 32.2. The minimum Gasteiger partial charge on any atom is -0.294 e. The summed E-state index contributed by atoms with van der Waals surface area (Å²) in [6.45, 7) is 0. The molecule has 1 aromatic heterocycles. The first-order valence-corrected chi connectivity index (χ1v) is 7.76. The average molecular weight is 264 g/mol. The highest BCUT2D eigenvalue weighted by molar-refractivity contribution is 7.99. The number of nitrogens with zero attached hydrogens (tertiary/aromatic N) is 2. The Bertz CT molecular complexity index is 520. The molecule has 0 saturated carbocycles. The quantitative estimate of drug-likeness (QED) is 0.769. The second kappa shape index (κ2) is 5.11. The van der Waals surface area contributed by atoms with E-state index in [0.29, 0.717) is 17.5 Å². The summed E-state index contributed by atoms with van der Waals surface area (Å²) in [7, 11) is 0. The van der Waals surface area contributed by atoms with Crippen molar-refractivity contribution in [1.82, 2.24) is 4.98 Å². The first-order chi connectivity index (χ1) is 8.22. The predicted molar refractivity (Wildman–Crippen MR) is 69.8 cm³/mol. The Morgan fingerprint density at radius 2 is 2.06 bits per heavy atom. The Hall–Kier alpha value is -0.990. The summed E-state index contributed by atoms with van der Waals surface area (Å²) in [5.41, 5.74) is 2.12. The zero-order valence-corrected chi connectivity index (χ0v) is 11.4. The molecule has 0 unspecified atom stereocenters. The molecule has 17 heavy (non-hydrogen) atoms. The number of aromatic nitrogens is 1. The largest absolute Gasteiger partial charge is 0.294 e. The number of Topliss-reactive ketones (excluding diaryl/α,β-unsaturated/α-hetero) is 1. The molecule has 0 atom stereocenters. The van der Waals surface area contributed by atoms with Crippen molar-refractivity contribution < 1.29 is 4.79 Å². The van der Waals surface area contributed by atoms with Gasteiger partial charge in [0.05, 0.1) is 16.8 Å². The molecule has 0 spiro atoms. The van der Waals surface area contributed by atoms with Crippen molar-refractivity contribution in [1.29, 1.82) is 5.26 Å². The van der Waals surface area contributed by atoms with Crippen molar-refractivity contribution in [2.24, 2.45) is 0 Å². The van der Waals surface area contributed by atoms with Gasteiger partial charge in [-0.05, 0) is 25.4 Å². The van der Waals surface area contributed by atoms with Crippen LogP contribution >= 0.6 is 23.5 Å². The number of thioether (sulfide) groups is 2. The van der Waals surface area contributed by atoms with Gasteiger partial charge in [-0.15, -0.1) is 23.5 Å². The summed E-state index contributed by atoms with van der Waals surface area (Å²) in [6.07, 6.45) is 6.10. The summed E-state index contributed by atoms with van der Waals surface area (Å²) in [5.74, 6) is 0.132. The molecule has 0 radical (unpaired) electrons. The van der Waals surface area contributed by atoms with E-state index in [2.05, 4.69) is 11.1 Å². The average Bonchev–Trinajstić information content (AvgIpc) is 2.36. The van der Waals surface area contributed by atoms with Crippen LogP contribution in [0, 0.1) is 11.3 Å². The van der Waals surface area contributed by atoms with E-state index < -0.39 is 0 Å². The first kappa shape index (κ1) is 12.5. The number of rotatable bonds is 2. The number of hydrogen-bond donors (Lipinski definition) is 0. The molecule has 88 valence electrons. The second-order valence-corrected chi connectivity index (χ2v) is 5.35. The van der Waals surface area contributed by atoms with E-state index in [0.717, 1.165) is 28.5 Å². The molecule has 0 amide bonds. The maximum absolute atomic E-state index is 12.0. The number of pyridine rings is 1. The Morgan fingerprint density at radius 1 is 1.29 bits per heavy atom. The summed E-state index contributed by atoms with van der Waals surface area (Å²) in [6, 6.07) is 2.18. The SMILES string of the molecule is CSc1nc2c(c(SC)c1C#N)C(=O)CCC2. The molecule has 0 aromatic carbocycles. The molecule has 0 N–H and O–H groups in total. The molecule has 1 aliphatic rings. The minimum absolute atomic E-state index is 0.132. The standard InChI is InChI=1S/C12H12N2OS2/c1-16-11-7(6-13)12(17-2)14-8-4-3-5-9(15)10(8)11/h3-5H2,1-2H3. The molecule has 1 heterocycles. The number of hydrogen-bond acceptors (Lipinski definition) is 5. The fourth-order valence-corrected chi connectivity index (χ4v) is 3.45. The normalized spacial score (nSPS) is 14.3. The molecular formula is C12H12N2OS2. The molecule has 1 aliphatic carbocycles. The Balaban J connectivity index is 2.75. The fraction of sp³-hybridized carbons (Fsp3) is 0.417. The molecule has 0 fully saturated rings. The number of fused-ring (bicyclic) bond motifs is 1. The monoisotopic (exact) mass is 264 g/mol. The molecule has 5 heteroatoms. The smallest absolute Gasteiger partial charge is 0.165 e.